The average molecular weight is 640 g/mol. The molecule has 1 aliphatic rings. The minimum Gasteiger partial charge on any atom is -0.457 e. The molecule has 0 saturated carbocycles. The van der Waals surface area contributed by atoms with Crippen molar-refractivity contribution in [2.45, 2.75) is 45.3 Å². The molecule has 9 heteroatoms. The molecule has 1 aromatic heterocycles. The van der Waals surface area contributed by atoms with Crippen LogP contribution in [0, 0.1) is 12.8 Å². The summed E-state index contributed by atoms with van der Waals surface area (Å²) < 4.78 is 22.8. The fourth-order valence-corrected chi connectivity index (χ4v) is 5.84. The van der Waals surface area contributed by atoms with Crippen molar-refractivity contribution in [1.82, 2.24) is 4.90 Å². The van der Waals surface area contributed by atoms with Crippen molar-refractivity contribution in [3.8, 4) is 11.1 Å². The fourth-order valence-electron chi connectivity index (χ4n) is 5.84. The second-order valence-corrected chi connectivity index (χ2v) is 11.6. The summed E-state index contributed by atoms with van der Waals surface area (Å²) in [5, 5.41) is 8.84. The molecular weight excluding hydrogens is 598 g/mol. The Morgan fingerprint density at radius 2 is 1.60 bits per heavy atom. The number of imide groups is 1. The molecule has 0 unspecified atom stereocenters. The molecule has 2 amide bonds. The molecule has 0 bridgehead atoms. The van der Waals surface area contributed by atoms with Gasteiger partial charge in [-0.2, -0.15) is 0 Å². The van der Waals surface area contributed by atoms with Gasteiger partial charge in [-0.1, -0.05) is 90.5 Å². The van der Waals surface area contributed by atoms with Gasteiger partial charge < -0.3 is 23.7 Å². The largest absolute Gasteiger partial charge is 0.457 e. The summed E-state index contributed by atoms with van der Waals surface area (Å²) >= 11 is 0. The minimum atomic E-state index is -1.21. The van der Waals surface area contributed by atoms with Crippen molar-refractivity contribution in [3.63, 3.8) is 0 Å². The van der Waals surface area contributed by atoms with Crippen LogP contribution >= 0.6 is 0 Å². The Morgan fingerprint density at radius 1 is 0.894 bits per heavy atom. The molecule has 1 saturated heterocycles. The zero-order chi connectivity index (χ0) is 33.2. The molecule has 3 atom stereocenters. The molecule has 5 rings (SSSR count). The Bertz CT molecular complexity index is 1630. The van der Waals surface area contributed by atoms with E-state index in [0.29, 0.717) is 38.4 Å². The molecule has 47 heavy (non-hydrogen) atoms. The van der Waals surface area contributed by atoms with Crippen LogP contribution in [0.5, 0.6) is 0 Å². The van der Waals surface area contributed by atoms with E-state index in [2.05, 4.69) is 0 Å². The predicted octanol–water partition coefficient (Wildman–Crippen LogP) is 6.36. The van der Waals surface area contributed by atoms with E-state index in [1.165, 1.54) is 0 Å². The number of hydrogen-bond donors (Lipinski definition) is 1. The lowest BCUT2D eigenvalue weighted by Crippen LogP contribution is -2.44. The molecule has 246 valence electrons. The van der Waals surface area contributed by atoms with Gasteiger partial charge in [0, 0.05) is 18.6 Å². The highest BCUT2D eigenvalue weighted by molar-refractivity contribution is 6.12. The van der Waals surface area contributed by atoms with E-state index in [-0.39, 0.29) is 25.4 Å². The quantitative estimate of drug-likeness (QED) is 0.0855. The monoisotopic (exact) mass is 639 g/mol. The number of aliphatic hydroxyl groups is 1. The third-order valence-corrected chi connectivity index (χ3v) is 8.21. The number of aliphatic hydroxyl groups excluding tert-OH is 1. The van der Waals surface area contributed by atoms with Gasteiger partial charge in [-0.05, 0) is 49.4 Å². The number of carbonyl (C=O) groups is 3. The molecule has 0 spiro atoms. The summed E-state index contributed by atoms with van der Waals surface area (Å²) in [6, 6.07) is 27.6. The van der Waals surface area contributed by atoms with Crippen LogP contribution in [0.1, 0.15) is 52.5 Å². The summed E-state index contributed by atoms with van der Waals surface area (Å²) in [5.74, 6) is -1.67. The van der Waals surface area contributed by atoms with Crippen molar-refractivity contribution < 1.29 is 38.1 Å². The zero-order valence-corrected chi connectivity index (χ0v) is 26.8. The molecule has 2 heterocycles. The highest BCUT2D eigenvalue weighted by Gasteiger charge is 2.47. The standard InChI is InChI=1S/C38H41NO8/c1-26-11-9-16-30(23-26)31-25-34(46-33(31)17-10-19-44-21-22-45-20-18-40)35(41)32(24-28-12-5-3-6-13-28)37(42)39-27(2)36(47-38(39)43)29-14-7-4-8-15-29/h3-9,11-16,23,25,27,32,36,40H,10,17-22,24H2,1-2H3/t27-,32-,36-/m0/s1. The lowest BCUT2D eigenvalue weighted by molar-refractivity contribution is -0.131. The van der Waals surface area contributed by atoms with Gasteiger partial charge in [0.05, 0.1) is 32.5 Å². The second-order valence-electron chi connectivity index (χ2n) is 11.6. The zero-order valence-electron chi connectivity index (χ0n) is 26.8. The molecule has 0 radical (unpaired) electrons. The van der Waals surface area contributed by atoms with Gasteiger partial charge in [0.15, 0.2) is 5.76 Å². The van der Waals surface area contributed by atoms with E-state index in [9.17, 15) is 14.4 Å². The third kappa shape index (κ3) is 8.43. The predicted molar refractivity (Wildman–Crippen MR) is 176 cm³/mol. The van der Waals surface area contributed by atoms with Crippen LogP contribution in [-0.4, -0.2) is 66.9 Å². The maximum absolute atomic E-state index is 14.3. The number of hydrogen-bond acceptors (Lipinski definition) is 8. The SMILES string of the molecule is Cc1cccc(-c2cc(C(=O)[C@H](Cc3ccccc3)C(=O)N3C(=O)O[C@H](c4ccccc4)[C@@H]3C)oc2CCCOCCOCCO)c1. The van der Waals surface area contributed by atoms with E-state index >= 15 is 0 Å². The van der Waals surface area contributed by atoms with Crippen LogP contribution in [0.3, 0.4) is 0 Å². The molecule has 9 nitrogen and oxygen atoms in total. The van der Waals surface area contributed by atoms with Gasteiger partial charge in [0.1, 0.15) is 17.8 Å². The Balaban J connectivity index is 1.41. The summed E-state index contributed by atoms with van der Waals surface area (Å²) in [7, 11) is 0. The number of rotatable bonds is 16. The van der Waals surface area contributed by atoms with Crippen LogP contribution in [-0.2, 0) is 31.8 Å². The first-order chi connectivity index (χ1) is 22.9. The van der Waals surface area contributed by atoms with Gasteiger partial charge in [-0.25, -0.2) is 9.69 Å². The Kier molecular flexibility index (Phi) is 11.7. The van der Waals surface area contributed by atoms with Gasteiger partial charge in [-0.3, -0.25) is 9.59 Å². The average Bonchev–Trinajstić information content (AvgIpc) is 3.65. The summed E-state index contributed by atoms with van der Waals surface area (Å²) in [6.07, 6.45) is -0.201. The number of aryl methyl sites for hydroxylation is 2. The number of benzene rings is 3. The Hall–Kier alpha value is -4.57. The van der Waals surface area contributed by atoms with Crippen LogP contribution in [0.25, 0.3) is 11.1 Å². The summed E-state index contributed by atoms with van der Waals surface area (Å²) in [5.41, 5.74) is 4.28. The van der Waals surface area contributed by atoms with Crippen molar-refractivity contribution in [3.05, 3.63) is 119 Å². The first kappa shape index (κ1) is 33.8. The molecule has 3 aromatic carbocycles. The minimum absolute atomic E-state index is 0.0333. The summed E-state index contributed by atoms with van der Waals surface area (Å²) in [6.45, 7) is 5.23. The molecular formula is C38H41NO8. The van der Waals surface area contributed by atoms with E-state index in [1.54, 1.807) is 13.0 Å². The van der Waals surface area contributed by atoms with Crippen molar-refractivity contribution in [2.75, 3.05) is 33.0 Å². The number of amides is 2. The van der Waals surface area contributed by atoms with Crippen molar-refractivity contribution >= 4 is 17.8 Å². The number of ketones is 1. The lowest BCUT2D eigenvalue weighted by atomic mass is 9.91. The molecule has 4 aromatic rings. The number of cyclic esters (lactones) is 1. The van der Waals surface area contributed by atoms with Crippen LogP contribution < -0.4 is 0 Å². The maximum Gasteiger partial charge on any atom is 0.417 e. The first-order valence-corrected chi connectivity index (χ1v) is 16.0. The summed E-state index contributed by atoms with van der Waals surface area (Å²) in [4.78, 5) is 42.8. The Morgan fingerprint density at radius 3 is 2.30 bits per heavy atom. The molecule has 1 N–H and O–H groups in total. The van der Waals surface area contributed by atoms with E-state index in [1.807, 2.05) is 91.9 Å². The van der Waals surface area contributed by atoms with Crippen LogP contribution in [0.15, 0.2) is 95.4 Å². The van der Waals surface area contributed by atoms with E-state index in [0.717, 1.165) is 32.7 Å². The smallest absolute Gasteiger partial charge is 0.417 e. The van der Waals surface area contributed by atoms with E-state index < -0.39 is 35.8 Å². The highest BCUT2D eigenvalue weighted by atomic mass is 16.6. The number of carbonyl (C=O) groups excluding carboxylic acids is 3. The number of ether oxygens (including phenoxy) is 3. The first-order valence-electron chi connectivity index (χ1n) is 16.0. The second kappa shape index (κ2) is 16.3. The molecule has 1 aliphatic heterocycles. The Labute approximate surface area is 275 Å². The number of nitrogens with zero attached hydrogens (tertiary/aromatic N) is 1. The highest BCUT2D eigenvalue weighted by Crippen LogP contribution is 2.35. The normalized spacial score (nSPS) is 16.7. The van der Waals surface area contributed by atoms with Gasteiger partial charge in [0.2, 0.25) is 11.7 Å². The van der Waals surface area contributed by atoms with Gasteiger partial charge in [-0.15, -0.1) is 0 Å². The van der Waals surface area contributed by atoms with E-state index in [4.69, 9.17) is 23.7 Å². The van der Waals surface area contributed by atoms with Gasteiger partial charge in [0.25, 0.3) is 0 Å². The maximum atomic E-state index is 14.3. The van der Waals surface area contributed by atoms with Crippen molar-refractivity contribution in [2.24, 2.45) is 5.92 Å². The van der Waals surface area contributed by atoms with Crippen LogP contribution in [0.2, 0.25) is 0 Å². The van der Waals surface area contributed by atoms with Crippen molar-refractivity contribution in [1.29, 1.82) is 0 Å². The molecule has 1 fully saturated rings. The third-order valence-electron chi connectivity index (χ3n) is 8.21. The van der Waals surface area contributed by atoms with Crippen LogP contribution in [0.4, 0.5) is 4.79 Å². The molecule has 0 aliphatic carbocycles. The van der Waals surface area contributed by atoms with Gasteiger partial charge >= 0.3 is 6.09 Å². The number of furan rings is 1. The number of Topliss-reactive ketones (excluding diaryl/α,β-unsaturated/α-hetero) is 1. The fraction of sp³-hybridized carbons (Fsp3) is 0.342. The lowest BCUT2D eigenvalue weighted by Gasteiger charge is -2.23. The topological polar surface area (TPSA) is 116 Å².